The molecule has 0 aromatic rings. The molecule has 10 heavy (non-hydrogen) atoms. The molecule has 1 aliphatic carbocycles. The molecule has 0 aromatic heterocycles. The van der Waals surface area contributed by atoms with Crippen LogP contribution in [0.4, 0.5) is 0 Å². The zero-order chi connectivity index (χ0) is 6.97. The number of fused-ring (bicyclic) bond motifs is 1. The zero-order valence-corrected chi connectivity index (χ0v) is 5.59. The number of allylic oxidation sites excluding steroid dienone is 3. The first-order chi connectivity index (χ1) is 4.86. The molecule has 0 amide bonds. The Morgan fingerprint density at radius 1 is 1.30 bits per heavy atom. The Kier molecular flexibility index (Phi) is 1.07. The lowest BCUT2D eigenvalue weighted by atomic mass is 10.1. The van der Waals surface area contributed by atoms with E-state index >= 15 is 0 Å². The van der Waals surface area contributed by atoms with Crippen molar-refractivity contribution in [3.05, 3.63) is 35.8 Å². The van der Waals surface area contributed by atoms with Gasteiger partial charge in [-0.3, -0.25) is 0 Å². The molecule has 0 bridgehead atoms. The molecule has 1 aliphatic heterocycles. The van der Waals surface area contributed by atoms with Gasteiger partial charge < -0.3 is 9.47 Å². The predicted octanol–water partition coefficient (Wildman–Crippen LogP) is 1.72. The maximum Gasteiger partial charge on any atom is 0.231 e. The van der Waals surface area contributed by atoms with Crippen molar-refractivity contribution in [2.45, 2.75) is 6.42 Å². The summed E-state index contributed by atoms with van der Waals surface area (Å²) in [6.45, 7) is 4.17. The highest BCUT2D eigenvalue weighted by Gasteiger charge is 2.18. The number of hydrogen-bond donors (Lipinski definition) is 0. The van der Waals surface area contributed by atoms with E-state index in [2.05, 4.69) is 6.58 Å². The number of ether oxygens (including phenoxy) is 2. The zero-order valence-electron chi connectivity index (χ0n) is 5.59. The first-order valence-electron chi connectivity index (χ1n) is 3.22. The van der Waals surface area contributed by atoms with Crippen LogP contribution in [0.5, 0.6) is 0 Å². The van der Waals surface area contributed by atoms with E-state index in [1.165, 1.54) is 0 Å². The summed E-state index contributed by atoms with van der Waals surface area (Å²) in [4.78, 5) is 0. The van der Waals surface area contributed by atoms with Crippen LogP contribution in [0.3, 0.4) is 0 Å². The Morgan fingerprint density at radius 2 is 2.10 bits per heavy atom. The molecule has 0 aromatic carbocycles. The second-order valence-electron chi connectivity index (χ2n) is 2.35. The lowest BCUT2D eigenvalue weighted by Crippen LogP contribution is -1.90. The molecule has 2 rings (SSSR count). The molecule has 0 atom stereocenters. The fraction of sp³-hybridized carbons (Fsp3) is 0.250. The molecule has 1 fully saturated rings. The topological polar surface area (TPSA) is 18.5 Å². The van der Waals surface area contributed by atoms with Crippen LogP contribution >= 0.6 is 0 Å². The Morgan fingerprint density at radius 3 is 3.00 bits per heavy atom. The van der Waals surface area contributed by atoms with Gasteiger partial charge in [0.2, 0.25) is 6.79 Å². The van der Waals surface area contributed by atoms with Crippen molar-refractivity contribution in [1.82, 2.24) is 0 Å². The summed E-state index contributed by atoms with van der Waals surface area (Å²) in [5.74, 6) is 1.70. The van der Waals surface area contributed by atoms with E-state index in [4.69, 9.17) is 9.47 Å². The lowest BCUT2D eigenvalue weighted by molar-refractivity contribution is 0.0978. The minimum Gasteiger partial charge on any atom is -0.454 e. The van der Waals surface area contributed by atoms with Gasteiger partial charge >= 0.3 is 0 Å². The summed E-state index contributed by atoms with van der Waals surface area (Å²) in [6, 6.07) is 0. The number of hydrogen-bond acceptors (Lipinski definition) is 2. The van der Waals surface area contributed by atoms with E-state index < -0.39 is 0 Å². The highest BCUT2D eigenvalue weighted by atomic mass is 16.7. The van der Waals surface area contributed by atoms with Crippen LogP contribution in [-0.4, -0.2) is 6.79 Å². The molecule has 2 heteroatoms. The van der Waals surface area contributed by atoms with E-state index in [-0.39, 0.29) is 0 Å². The van der Waals surface area contributed by atoms with E-state index in [9.17, 15) is 0 Å². The summed E-state index contributed by atoms with van der Waals surface area (Å²) in [6.07, 6.45) is 4.79. The molecule has 1 heterocycles. The summed E-state index contributed by atoms with van der Waals surface area (Å²) in [5, 5.41) is 0. The molecule has 0 spiro atoms. The van der Waals surface area contributed by atoms with Gasteiger partial charge in [-0.15, -0.1) is 0 Å². The Hall–Kier alpha value is -1.18. The monoisotopic (exact) mass is 136 g/mol. The second-order valence-corrected chi connectivity index (χ2v) is 2.35. The quantitative estimate of drug-likeness (QED) is 0.504. The Balaban J connectivity index is 2.35. The summed E-state index contributed by atoms with van der Waals surface area (Å²) >= 11 is 0. The molecule has 2 aliphatic rings. The van der Waals surface area contributed by atoms with Crippen molar-refractivity contribution in [1.29, 1.82) is 0 Å². The molecule has 52 valence electrons. The first kappa shape index (κ1) is 5.59. The maximum absolute atomic E-state index is 5.14. The SMILES string of the molecule is C=C1C=C2OCOC2=CC1. The van der Waals surface area contributed by atoms with Gasteiger partial charge in [0, 0.05) is 0 Å². The van der Waals surface area contributed by atoms with Crippen LogP contribution in [0.2, 0.25) is 0 Å². The van der Waals surface area contributed by atoms with Gasteiger partial charge in [0.1, 0.15) is 0 Å². The Bertz CT molecular complexity index is 236. The van der Waals surface area contributed by atoms with Crippen molar-refractivity contribution in [3.63, 3.8) is 0 Å². The third-order valence-electron chi connectivity index (χ3n) is 1.56. The highest BCUT2D eigenvalue weighted by Crippen LogP contribution is 2.27. The third kappa shape index (κ3) is 0.727. The normalized spacial score (nSPS) is 22.2. The van der Waals surface area contributed by atoms with Crippen LogP contribution < -0.4 is 0 Å². The van der Waals surface area contributed by atoms with Crippen molar-refractivity contribution in [2.75, 3.05) is 6.79 Å². The van der Waals surface area contributed by atoms with Crippen LogP contribution in [0, 0.1) is 0 Å². The fourth-order valence-electron chi connectivity index (χ4n) is 1.04. The van der Waals surface area contributed by atoms with Crippen molar-refractivity contribution in [2.24, 2.45) is 0 Å². The van der Waals surface area contributed by atoms with Crippen LogP contribution in [0.15, 0.2) is 35.8 Å². The third-order valence-corrected chi connectivity index (χ3v) is 1.56. The van der Waals surface area contributed by atoms with Gasteiger partial charge in [-0.1, -0.05) is 6.58 Å². The smallest absolute Gasteiger partial charge is 0.231 e. The summed E-state index contributed by atoms with van der Waals surface area (Å²) in [7, 11) is 0. The van der Waals surface area contributed by atoms with Crippen LogP contribution in [0.25, 0.3) is 0 Å². The summed E-state index contributed by atoms with van der Waals surface area (Å²) < 4.78 is 10.3. The van der Waals surface area contributed by atoms with E-state index in [0.717, 1.165) is 23.5 Å². The van der Waals surface area contributed by atoms with E-state index in [1.54, 1.807) is 0 Å². The largest absolute Gasteiger partial charge is 0.454 e. The van der Waals surface area contributed by atoms with Gasteiger partial charge in [-0.05, 0) is 24.1 Å². The molecule has 2 nitrogen and oxygen atoms in total. The molecule has 0 unspecified atom stereocenters. The van der Waals surface area contributed by atoms with Gasteiger partial charge in [-0.25, -0.2) is 0 Å². The van der Waals surface area contributed by atoms with Gasteiger partial charge in [0.15, 0.2) is 11.5 Å². The molecule has 0 saturated carbocycles. The van der Waals surface area contributed by atoms with Crippen LogP contribution in [-0.2, 0) is 9.47 Å². The summed E-state index contributed by atoms with van der Waals surface area (Å²) in [5.41, 5.74) is 1.07. The first-order valence-corrected chi connectivity index (χ1v) is 3.22. The average Bonchev–Trinajstić information content (AvgIpc) is 2.33. The lowest BCUT2D eigenvalue weighted by Gasteiger charge is -2.04. The Labute approximate surface area is 59.4 Å². The van der Waals surface area contributed by atoms with Gasteiger partial charge in [0.05, 0.1) is 0 Å². The van der Waals surface area contributed by atoms with Crippen molar-refractivity contribution in [3.8, 4) is 0 Å². The molecular formula is C8H8O2. The fourth-order valence-corrected chi connectivity index (χ4v) is 1.04. The van der Waals surface area contributed by atoms with E-state index in [0.29, 0.717) is 6.79 Å². The number of rotatable bonds is 0. The van der Waals surface area contributed by atoms with Gasteiger partial charge in [0.25, 0.3) is 0 Å². The minimum atomic E-state index is 0.352. The van der Waals surface area contributed by atoms with Crippen molar-refractivity contribution < 1.29 is 9.47 Å². The van der Waals surface area contributed by atoms with Gasteiger partial charge in [-0.2, -0.15) is 0 Å². The second kappa shape index (κ2) is 1.90. The maximum atomic E-state index is 5.14. The molecule has 1 saturated heterocycles. The van der Waals surface area contributed by atoms with E-state index in [1.807, 2.05) is 12.2 Å². The predicted molar refractivity (Wildman–Crippen MR) is 37.0 cm³/mol. The molecule has 0 radical (unpaired) electrons. The average molecular weight is 136 g/mol. The standard InChI is InChI=1S/C8H8O2/c1-6-2-3-7-8(4-6)10-5-9-7/h3-4H,1-2,5H2. The molecular weight excluding hydrogens is 128 g/mol. The highest BCUT2D eigenvalue weighted by molar-refractivity contribution is 5.36. The van der Waals surface area contributed by atoms with Crippen molar-refractivity contribution >= 4 is 0 Å². The minimum absolute atomic E-state index is 0.352. The molecule has 0 N–H and O–H groups in total. The van der Waals surface area contributed by atoms with Crippen LogP contribution in [0.1, 0.15) is 6.42 Å².